The van der Waals surface area contributed by atoms with E-state index in [-0.39, 0.29) is 24.0 Å². The summed E-state index contributed by atoms with van der Waals surface area (Å²) >= 11 is 6.13. The molecule has 3 aromatic rings. The van der Waals surface area contributed by atoms with Crippen molar-refractivity contribution in [3.8, 4) is 0 Å². The molecule has 0 aromatic heterocycles. The number of amides is 2. The summed E-state index contributed by atoms with van der Waals surface area (Å²) in [6, 6.07) is 21.0. The first-order valence-electron chi connectivity index (χ1n) is 10.4. The second-order valence-electron chi connectivity index (χ2n) is 8.35. The first-order valence-corrected chi connectivity index (χ1v) is 10.8. The van der Waals surface area contributed by atoms with E-state index < -0.39 is 17.5 Å². The topological polar surface area (TPSA) is 78.5 Å². The number of carbonyl (C=O) groups excluding carboxylic acids is 3. The molecule has 1 fully saturated rings. The van der Waals surface area contributed by atoms with Gasteiger partial charge in [-0.1, -0.05) is 48.0 Å². The Labute approximate surface area is 189 Å². The molecule has 3 aromatic carbocycles. The molecule has 0 saturated carbocycles. The van der Waals surface area contributed by atoms with Crippen molar-refractivity contribution in [1.29, 1.82) is 0 Å². The van der Waals surface area contributed by atoms with E-state index in [0.29, 0.717) is 22.1 Å². The lowest BCUT2D eigenvalue weighted by molar-refractivity contribution is -0.124. The van der Waals surface area contributed by atoms with Crippen LogP contribution >= 0.6 is 11.6 Å². The minimum Gasteiger partial charge on any atom is -0.342 e. The van der Waals surface area contributed by atoms with Crippen LogP contribution in [0.2, 0.25) is 5.02 Å². The molecule has 6 rings (SSSR count). The number of hydrogen-bond donors (Lipinski definition) is 2. The van der Waals surface area contributed by atoms with Gasteiger partial charge in [-0.2, -0.15) is 0 Å². The third kappa shape index (κ3) is 2.44. The van der Waals surface area contributed by atoms with Gasteiger partial charge in [0.1, 0.15) is 6.04 Å². The smallest absolute Gasteiger partial charge is 0.255 e. The van der Waals surface area contributed by atoms with Gasteiger partial charge in [0.05, 0.1) is 5.92 Å². The summed E-state index contributed by atoms with van der Waals surface area (Å²) in [5, 5.41) is 6.39. The van der Waals surface area contributed by atoms with Crippen LogP contribution < -0.4 is 15.5 Å². The predicted molar refractivity (Wildman–Crippen MR) is 122 cm³/mol. The molecule has 0 radical (unpaired) electrons. The van der Waals surface area contributed by atoms with Crippen LogP contribution in [0.1, 0.15) is 23.5 Å². The molecule has 3 unspecified atom stereocenters. The Morgan fingerprint density at radius 1 is 0.844 bits per heavy atom. The van der Waals surface area contributed by atoms with E-state index in [1.165, 1.54) is 0 Å². The Hall–Kier alpha value is -3.64. The normalized spacial score (nSPS) is 25.7. The van der Waals surface area contributed by atoms with Gasteiger partial charge in [0.15, 0.2) is 11.3 Å². The summed E-state index contributed by atoms with van der Waals surface area (Å²) in [6.45, 7) is 0. The quantitative estimate of drug-likeness (QED) is 0.625. The summed E-state index contributed by atoms with van der Waals surface area (Å²) in [6.07, 6.45) is -0.0188. The van der Waals surface area contributed by atoms with Crippen molar-refractivity contribution in [3.63, 3.8) is 0 Å². The molecular weight excluding hydrogens is 426 g/mol. The van der Waals surface area contributed by atoms with Crippen LogP contribution in [-0.2, 0) is 19.9 Å². The molecule has 1 spiro atoms. The van der Waals surface area contributed by atoms with Crippen LogP contribution in [0.5, 0.6) is 0 Å². The summed E-state index contributed by atoms with van der Waals surface area (Å²) in [4.78, 5) is 42.1. The number of halogens is 1. The number of para-hydroxylation sites is 2. The molecule has 0 aliphatic carbocycles. The Kier molecular flexibility index (Phi) is 3.98. The van der Waals surface area contributed by atoms with Gasteiger partial charge >= 0.3 is 0 Å². The van der Waals surface area contributed by atoms with Crippen LogP contribution in [0.25, 0.3) is 0 Å². The number of anilines is 3. The number of nitrogens with one attached hydrogen (secondary N) is 2. The third-order valence-electron chi connectivity index (χ3n) is 6.70. The highest BCUT2D eigenvalue weighted by Crippen LogP contribution is 2.53. The lowest BCUT2D eigenvalue weighted by Gasteiger charge is -2.39. The molecule has 7 heteroatoms. The number of nitrogens with zero attached hydrogens (tertiary/aromatic N) is 1. The Morgan fingerprint density at radius 3 is 2.31 bits per heavy atom. The molecule has 0 bridgehead atoms. The van der Waals surface area contributed by atoms with E-state index in [4.69, 9.17) is 11.6 Å². The van der Waals surface area contributed by atoms with Gasteiger partial charge in [-0.05, 0) is 42.0 Å². The maximum Gasteiger partial charge on any atom is 0.255 e. The van der Waals surface area contributed by atoms with Crippen molar-refractivity contribution in [2.24, 2.45) is 0 Å². The fourth-order valence-electron chi connectivity index (χ4n) is 5.40. The van der Waals surface area contributed by atoms with Gasteiger partial charge in [-0.15, -0.1) is 0 Å². The average molecular weight is 444 g/mol. The maximum absolute atomic E-state index is 13.7. The molecule has 1 saturated heterocycles. The third-order valence-corrected chi connectivity index (χ3v) is 6.95. The standard InChI is InChI=1S/C25H18ClN3O3/c26-14-9-11-15(12-10-14)29-22(21-16-5-1-3-7-18(16)27-23(21)31)20(30)13-25(29)17-6-2-4-8-19(17)28-24(25)32/h1-12,21-22H,13H2,(H,27,31)(H,28,32). The highest BCUT2D eigenvalue weighted by molar-refractivity contribution is 6.30. The zero-order valence-corrected chi connectivity index (χ0v) is 17.6. The molecule has 3 heterocycles. The number of Topliss-reactive ketones (excluding diaryl/α,β-unsaturated/α-hetero) is 1. The zero-order valence-electron chi connectivity index (χ0n) is 16.8. The molecule has 3 atom stereocenters. The number of rotatable bonds is 2. The van der Waals surface area contributed by atoms with Gasteiger partial charge in [-0.25, -0.2) is 0 Å². The summed E-state index contributed by atoms with van der Waals surface area (Å²) in [5.41, 5.74) is 2.31. The van der Waals surface area contributed by atoms with Crippen LogP contribution in [-0.4, -0.2) is 23.6 Å². The van der Waals surface area contributed by atoms with Crippen molar-refractivity contribution in [1.82, 2.24) is 0 Å². The summed E-state index contributed by atoms with van der Waals surface area (Å²) < 4.78 is 0. The fraction of sp³-hybridized carbons (Fsp3) is 0.160. The van der Waals surface area contributed by atoms with E-state index in [1.807, 2.05) is 53.4 Å². The van der Waals surface area contributed by atoms with Crippen molar-refractivity contribution < 1.29 is 14.4 Å². The minimum atomic E-state index is -1.23. The molecule has 2 N–H and O–H groups in total. The highest BCUT2D eigenvalue weighted by atomic mass is 35.5. The molecule has 158 valence electrons. The second-order valence-corrected chi connectivity index (χ2v) is 8.78. The molecule has 2 amide bonds. The van der Waals surface area contributed by atoms with Crippen molar-refractivity contribution in [3.05, 3.63) is 88.9 Å². The monoisotopic (exact) mass is 443 g/mol. The number of fused-ring (bicyclic) bond motifs is 3. The van der Waals surface area contributed by atoms with Crippen LogP contribution in [0, 0.1) is 0 Å². The number of ketones is 1. The van der Waals surface area contributed by atoms with E-state index in [9.17, 15) is 14.4 Å². The number of carbonyl (C=O) groups is 3. The predicted octanol–water partition coefficient (Wildman–Crippen LogP) is 4.07. The Bertz CT molecular complexity index is 1310. The lowest BCUT2D eigenvalue weighted by Crippen LogP contribution is -2.52. The van der Waals surface area contributed by atoms with Gasteiger partial charge in [0.2, 0.25) is 5.91 Å². The molecule has 3 aliphatic rings. The van der Waals surface area contributed by atoms with E-state index in [0.717, 1.165) is 11.1 Å². The lowest BCUT2D eigenvalue weighted by atomic mass is 9.88. The number of hydrogen-bond acceptors (Lipinski definition) is 4. The SMILES string of the molecule is O=C1Nc2ccccc2C1C1C(=O)CC2(C(=O)Nc3ccccc32)N1c1ccc(Cl)cc1. The van der Waals surface area contributed by atoms with Gasteiger partial charge in [0, 0.05) is 34.1 Å². The minimum absolute atomic E-state index is 0.0188. The Balaban J connectivity index is 1.59. The highest BCUT2D eigenvalue weighted by Gasteiger charge is 2.63. The summed E-state index contributed by atoms with van der Waals surface area (Å²) in [5.74, 6) is -1.39. The first-order chi connectivity index (χ1) is 15.5. The van der Waals surface area contributed by atoms with Crippen LogP contribution in [0.4, 0.5) is 17.1 Å². The van der Waals surface area contributed by atoms with Gasteiger partial charge in [0.25, 0.3) is 5.91 Å². The average Bonchev–Trinajstić information content (AvgIpc) is 3.37. The van der Waals surface area contributed by atoms with E-state index in [2.05, 4.69) is 10.6 Å². The van der Waals surface area contributed by atoms with Crippen molar-refractivity contribution >= 4 is 46.3 Å². The number of benzene rings is 3. The molecule has 6 nitrogen and oxygen atoms in total. The fourth-order valence-corrected chi connectivity index (χ4v) is 5.53. The zero-order chi connectivity index (χ0) is 22.0. The summed E-state index contributed by atoms with van der Waals surface area (Å²) in [7, 11) is 0. The van der Waals surface area contributed by atoms with E-state index >= 15 is 0 Å². The molecule has 3 aliphatic heterocycles. The largest absolute Gasteiger partial charge is 0.342 e. The van der Waals surface area contributed by atoms with Crippen LogP contribution in [0.15, 0.2) is 72.8 Å². The van der Waals surface area contributed by atoms with Crippen molar-refractivity contribution in [2.45, 2.75) is 23.9 Å². The van der Waals surface area contributed by atoms with E-state index in [1.54, 1.807) is 24.3 Å². The van der Waals surface area contributed by atoms with Crippen molar-refractivity contribution in [2.75, 3.05) is 15.5 Å². The van der Waals surface area contributed by atoms with Crippen LogP contribution in [0.3, 0.4) is 0 Å². The second kappa shape index (κ2) is 6.68. The molecule has 32 heavy (non-hydrogen) atoms. The van der Waals surface area contributed by atoms with Gasteiger partial charge in [-0.3, -0.25) is 14.4 Å². The molecular formula is C25H18ClN3O3. The Morgan fingerprint density at radius 2 is 1.53 bits per heavy atom. The maximum atomic E-state index is 13.7. The van der Waals surface area contributed by atoms with Gasteiger partial charge < -0.3 is 15.5 Å². The first kappa shape index (κ1) is 19.1.